The van der Waals surface area contributed by atoms with E-state index in [2.05, 4.69) is 28.3 Å². The second kappa shape index (κ2) is 6.20. The van der Waals surface area contributed by atoms with Gasteiger partial charge in [0.2, 0.25) is 0 Å². The summed E-state index contributed by atoms with van der Waals surface area (Å²) in [7, 11) is 0. The number of benzene rings is 1. The maximum atomic E-state index is 11.8. The van der Waals surface area contributed by atoms with Gasteiger partial charge in [0.25, 0.3) is 5.91 Å². The lowest BCUT2D eigenvalue weighted by molar-refractivity contribution is 0.0952. The van der Waals surface area contributed by atoms with Crippen molar-refractivity contribution in [1.29, 1.82) is 0 Å². The van der Waals surface area contributed by atoms with Gasteiger partial charge in [0.15, 0.2) is 0 Å². The maximum Gasteiger partial charge on any atom is 0.251 e. The second-order valence-electron chi connectivity index (χ2n) is 3.83. The van der Waals surface area contributed by atoms with Crippen LogP contribution in [0.25, 0.3) is 0 Å². The van der Waals surface area contributed by atoms with Crippen LogP contribution in [0.3, 0.4) is 0 Å². The molecule has 2 rings (SSSR count). The lowest BCUT2D eigenvalue weighted by Gasteiger charge is -2.05. The summed E-state index contributed by atoms with van der Waals surface area (Å²) >= 11 is 4.20. The number of carbonyl (C=O) groups excluding carboxylic acids is 1. The van der Waals surface area contributed by atoms with Crippen LogP contribution in [0.2, 0.25) is 0 Å². The van der Waals surface area contributed by atoms with Crippen LogP contribution in [0.4, 0.5) is 0 Å². The van der Waals surface area contributed by atoms with Gasteiger partial charge in [-0.2, -0.15) is 0 Å². The number of amides is 1. The Balaban J connectivity index is 1.75. The standard InChI is InChI=1S/C12H14N4OS/c17-12(10-3-1-4-11(18)9-10)13-5-2-7-16-8-6-14-15-16/h1,3-4,6,8-9,18H,2,5,7H2,(H,13,17). The Morgan fingerprint density at radius 2 is 2.33 bits per heavy atom. The zero-order valence-corrected chi connectivity index (χ0v) is 10.7. The summed E-state index contributed by atoms with van der Waals surface area (Å²) < 4.78 is 1.74. The Labute approximate surface area is 111 Å². The van der Waals surface area contributed by atoms with Crippen LogP contribution < -0.4 is 5.32 Å². The minimum atomic E-state index is -0.0792. The highest BCUT2D eigenvalue weighted by Gasteiger charge is 2.04. The molecule has 0 saturated heterocycles. The van der Waals surface area contributed by atoms with E-state index in [-0.39, 0.29) is 5.91 Å². The topological polar surface area (TPSA) is 59.8 Å². The third-order valence-electron chi connectivity index (χ3n) is 2.43. The van der Waals surface area contributed by atoms with Crippen LogP contribution in [-0.4, -0.2) is 27.4 Å². The summed E-state index contributed by atoms with van der Waals surface area (Å²) in [4.78, 5) is 12.6. The normalized spacial score (nSPS) is 10.3. The van der Waals surface area contributed by atoms with Gasteiger partial charge in [0.05, 0.1) is 6.20 Å². The van der Waals surface area contributed by atoms with Crippen molar-refractivity contribution in [2.45, 2.75) is 17.9 Å². The molecule has 1 aromatic heterocycles. The Hall–Kier alpha value is -1.82. The predicted octanol–water partition coefficient (Wildman–Crippen LogP) is 1.39. The van der Waals surface area contributed by atoms with Gasteiger partial charge in [-0.3, -0.25) is 9.48 Å². The van der Waals surface area contributed by atoms with Crippen LogP contribution >= 0.6 is 12.6 Å². The molecule has 0 saturated carbocycles. The molecule has 1 heterocycles. The van der Waals surface area contributed by atoms with E-state index in [4.69, 9.17) is 0 Å². The fourth-order valence-electron chi connectivity index (χ4n) is 1.54. The van der Waals surface area contributed by atoms with Gasteiger partial charge in [-0.25, -0.2) is 0 Å². The third-order valence-corrected chi connectivity index (χ3v) is 2.71. The average molecular weight is 262 g/mol. The minimum Gasteiger partial charge on any atom is -0.352 e. The second-order valence-corrected chi connectivity index (χ2v) is 4.34. The number of hydrogen-bond donors (Lipinski definition) is 2. The first-order valence-electron chi connectivity index (χ1n) is 5.67. The van der Waals surface area contributed by atoms with Gasteiger partial charge < -0.3 is 5.32 Å². The van der Waals surface area contributed by atoms with Crippen molar-refractivity contribution in [3.8, 4) is 0 Å². The summed E-state index contributed by atoms with van der Waals surface area (Å²) in [5.74, 6) is -0.0792. The molecular formula is C12H14N4OS. The fraction of sp³-hybridized carbons (Fsp3) is 0.250. The lowest BCUT2D eigenvalue weighted by atomic mass is 10.2. The van der Waals surface area contributed by atoms with Gasteiger partial charge in [-0.1, -0.05) is 11.3 Å². The molecule has 0 aliphatic carbocycles. The summed E-state index contributed by atoms with van der Waals surface area (Å²) in [6.45, 7) is 1.35. The number of rotatable bonds is 5. The molecular weight excluding hydrogens is 248 g/mol. The monoisotopic (exact) mass is 262 g/mol. The first kappa shape index (κ1) is 12.6. The average Bonchev–Trinajstić information content (AvgIpc) is 2.87. The molecule has 1 amide bonds. The molecule has 0 aliphatic heterocycles. The predicted molar refractivity (Wildman–Crippen MR) is 70.7 cm³/mol. The van der Waals surface area contributed by atoms with E-state index >= 15 is 0 Å². The van der Waals surface area contributed by atoms with E-state index in [1.54, 1.807) is 29.2 Å². The molecule has 94 valence electrons. The van der Waals surface area contributed by atoms with Crippen LogP contribution in [0, 0.1) is 0 Å². The first-order chi connectivity index (χ1) is 8.75. The van der Waals surface area contributed by atoms with Crippen molar-refractivity contribution >= 4 is 18.5 Å². The number of aryl methyl sites for hydroxylation is 1. The van der Waals surface area contributed by atoms with Crippen molar-refractivity contribution < 1.29 is 4.79 Å². The maximum absolute atomic E-state index is 11.8. The Kier molecular flexibility index (Phi) is 4.35. The van der Waals surface area contributed by atoms with Crippen molar-refractivity contribution in [3.63, 3.8) is 0 Å². The van der Waals surface area contributed by atoms with Gasteiger partial charge in [-0.15, -0.1) is 17.7 Å². The molecule has 0 bridgehead atoms. The minimum absolute atomic E-state index is 0.0792. The molecule has 0 atom stereocenters. The number of aromatic nitrogens is 3. The SMILES string of the molecule is O=C(NCCCn1ccnn1)c1cccc(S)c1. The highest BCUT2D eigenvalue weighted by atomic mass is 32.1. The van der Waals surface area contributed by atoms with Crippen LogP contribution in [-0.2, 0) is 6.54 Å². The van der Waals surface area contributed by atoms with E-state index in [0.717, 1.165) is 17.9 Å². The Morgan fingerprint density at radius 3 is 3.06 bits per heavy atom. The number of thiol groups is 1. The highest BCUT2D eigenvalue weighted by Crippen LogP contribution is 2.08. The zero-order valence-electron chi connectivity index (χ0n) is 9.78. The molecule has 0 aliphatic rings. The Morgan fingerprint density at radius 1 is 1.44 bits per heavy atom. The molecule has 1 N–H and O–H groups in total. The van der Waals surface area contributed by atoms with Crippen molar-refractivity contribution in [3.05, 3.63) is 42.2 Å². The molecule has 0 unspecified atom stereocenters. The van der Waals surface area contributed by atoms with Gasteiger partial charge >= 0.3 is 0 Å². The number of nitrogens with one attached hydrogen (secondary N) is 1. The van der Waals surface area contributed by atoms with Crippen molar-refractivity contribution in [2.24, 2.45) is 0 Å². The van der Waals surface area contributed by atoms with E-state index < -0.39 is 0 Å². The number of carbonyl (C=O) groups is 1. The summed E-state index contributed by atoms with van der Waals surface area (Å²) in [6.07, 6.45) is 4.25. The van der Waals surface area contributed by atoms with Gasteiger partial charge in [0, 0.05) is 29.7 Å². The van der Waals surface area contributed by atoms with Crippen LogP contribution in [0.1, 0.15) is 16.8 Å². The summed E-state index contributed by atoms with van der Waals surface area (Å²) in [5.41, 5.74) is 0.628. The molecule has 18 heavy (non-hydrogen) atoms. The number of nitrogens with zero attached hydrogens (tertiary/aromatic N) is 3. The zero-order chi connectivity index (χ0) is 12.8. The van der Waals surface area contributed by atoms with Crippen molar-refractivity contribution in [2.75, 3.05) is 6.54 Å². The molecule has 0 fully saturated rings. The Bertz CT molecular complexity index is 513. The van der Waals surface area contributed by atoms with E-state index in [9.17, 15) is 4.79 Å². The largest absolute Gasteiger partial charge is 0.352 e. The smallest absolute Gasteiger partial charge is 0.251 e. The lowest BCUT2D eigenvalue weighted by Crippen LogP contribution is -2.25. The van der Waals surface area contributed by atoms with Gasteiger partial charge in [0.1, 0.15) is 0 Å². The number of hydrogen-bond acceptors (Lipinski definition) is 4. The van der Waals surface area contributed by atoms with Crippen molar-refractivity contribution in [1.82, 2.24) is 20.3 Å². The molecule has 6 heteroatoms. The molecule has 0 spiro atoms. The molecule has 0 radical (unpaired) electrons. The quantitative estimate of drug-likeness (QED) is 0.632. The summed E-state index contributed by atoms with van der Waals surface area (Å²) in [6, 6.07) is 7.17. The van der Waals surface area contributed by atoms with E-state index in [0.29, 0.717) is 12.1 Å². The third kappa shape index (κ3) is 3.59. The van der Waals surface area contributed by atoms with E-state index in [1.807, 2.05) is 12.1 Å². The first-order valence-corrected chi connectivity index (χ1v) is 6.12. The van der Waals surface area contributed by atoms with Crippen LogP contribution in [0.5, 0.6) is 0 Å². The van der Waals surface area contributed by atoms with Gasteiger partial charge in [-0.05, 0) is 24.6 Å². The summed E-state index contributed by atoms with van der Waals surface area (Å²) in [5, 5.41) is 10.4. The molecule has 1 aromatic carbocycles. The highest BCUT2D eigenvalue weighted by molar-refractivity contribution is 7.80. The fourth-order valence-corrected chi connectivity index (χ4v) is 1.77. The van der Waals surface area contributed by atoms with E-state index in [1.165, 1.54) is 0 Å². The molecule has 2 aromatic rings. The van der Waals surface area contributed by atoms with Crippen LogP contribution in [0.15, 0.2) is 41.6 Å². The molecule has 5 nitrogen and oxygen atoms in total.